The number of ether oxygens (including phenoxy) is 1. The van der Waals surface area contributed by atoms with Crippen molar-refractivity contribution in [3.05, 3.63) is 12.4 Å². The summed E-state index contributed by atoms with van der Waals surface area (Å²) in [5.74, 6) is 0. The number of nitrogens with zero attached hydrogens (tertiary/aromatic N) is 3. The minimum atomic E-state index is -0.0761. The Morgan fingerprint density at radius 2 is 2.04 bits per heavy atom. The van der Waals surface area contributed by atoms with Crippen LogP contribution in [-0.4, -0.2) is 59.1 Å². The molecule has 1 saturated carbocycles. The molecule has 2 N–H and O–H groups in total. The fourth-order valence-electron chi connectivity index (χ4n) is 4.56. The van der Waals surface area contributed by atoms with E-state index in [1.807, 2.05) is 15.8 Å². The molecule has 1 aliphatic carbocycles. The first-order chi connectivity index (χ1) is 12.3. The van der Waals surface area contributed by atoms with Crippen LogP contribution < -0.4 is 10.6 Å². The molecule has 3 aliphatic rings. The lowest BCUT2D eigenvalue weighted by Gasteiger charge is -2.45. The van der Waals surface area contributed by atoms with Crippen LogP contribution in [0, 0.1) is 0 Å². The smallest absolute Gasteiger partial charge is 0.322 e. The molecular weight excluding hydrogens is 318 g/mol. The molecule has 3 heterocycles. The minimum Gasteiger partial charge on any atom is -0.381 e. The van der Waals surface area contributed by atoms with Gasteiger partial charge in [-0.2, -0.15) is 5.10 Å². The van der Waals surface area contributed by atoms with Crippen molar-refractivity contribution in [2.24, 2.45) is 0 Å². The molecule has 7 heteroatoms. The van der Waals surface area contributed by atoms with Gasteiger partial charge in [-0.3, -0.25) is 4.68 Å². The quantitative estimate of drug-likeness (QED) is 0.862. The van der Waals surface area contributed by atoms with Gasteiger partial charge < -0.3 is 20.3 Å². The Bertz CT molecular complexity index is 590. The fourth-order valence-corrected chi connectivity index (χ4v) is 4.56. The van der Waals surface area contributed by atoms with E-state index in [0.29, 0.717) is 6.04 Å². The van der Waals surface area contributed by atoms with Crippen LogP contribution >= 0.6 is 0 Å². The Morgan fingerprint density at radius 3 is 2.84 bits per heavy atom. The van der Waals surface area contributed by atoms with E-state index >= 15 is 0 Å². The van der Waals surface area contributed by atoms with E-state index in [-0.39, 0.29) is 11.6 Å². The first-order valence-electron chi connectivity index (χ1n) is 9.68. The van der Waals surface area contributed by atoms with Crippen LogP contribution in [0.4, 0.5) is 10.5 Å². The summed E-state index contributed by atoms with van der Waals surface area (Å²) in [6, 6.07) is 0.492. The number of amides is 2. The molecule has 0 bridgehead atoms. The number of carbonyl (C=O) groups is 1. The van der Waals surface area contributed by atoms with Crippen molar-refractivity contribution in [2.75, 3.05) is 38.2 Å². The van der Waals surface area contributed by atoms with Gasteiger partial charge in [-0.05, 0) is 38.6 Å². The standard InChI is InChI=1S/C18H29N5O2/c24-17(21-15-13-20-23(14-15)16-3-1-2-4-16)22-10-9-19-8-5-18(22)6-11-25-12-7-18/h13-14,16,19H,1-12H2,(H,21,24). The Kier molecular flexibility index (Phi) is 4.94. The van der Waals surface area contributed by atoms with E-state index in [1.165, 1.54) is 25.7 Å². The molecule has 0 atom stereocenters. The third-order valence-corrected chi connectivity index (χ3v) is 6.07. The highest BCUT2D eigenvalue weighted by molar-refractivity contribution is 5.89. The number of rotatable bonds is 2. The number of urea groups is 1. The lowest BCUT2D eigenvalue weighted by molar-refractivity contribution is -0.00658. The van der Waals surface area contributed by atoms with Gasteiger partial charge in [-0.1, -0.05) is 12.8 Å². The zero-order valence-electron chi connectivity index (χ0n) is 14.9. The molecule has 3 fully saturated rings. The van der Waals surface area contributed by atoms with Crippen molar-refractivity contribution in [1.82, 2.24) is 20.0 Å². The van der Waals surface area contributed by atoms with Crippen molar-refractivity contribution < 1.29 is 9.53 Å². The van der Waals surface area contributed by atoms with Crippen molar-refractivity contribution >= 4 is 11.7 Å². The highest BCUT2D eigenvalue weighted by Gasteiger charge is 2.41. The predicted octanol–water partition coefficient (Wildman–Crippen LogP) is 2.37. The van der Waals surface area contributed by atoms with Gasteiger partial charge >= 0.3 is 6.03 Å². The van der Waals surface area contributed by atoms with Crippen molar-refractivity contribution in [3.8, 4) is 0 Å². The minimum absolute atomic E-state index is 0.00317. The third kappa shape index (κ3) is 3.53. The number of aromatic nitrogens is 2. The molecule has 1 aromatic rings. The predicted molar refractivity (Wildman–Crippen MR) is 95.7 cm³/mol. The maximum absolute atomic E-state index is 13.0. The summed E-state index contributed by atoms with van der Waals surface area (Å²) in [6.07, 6.45) is 11.5. The van der Waals surface area contributed by atoms with Gasteiger partial charge in [0.25, 0.3) is 0 Å². The number of nitrogens with one attached hydrogen (secondary N) is 2. The second kappa shape index (κ2) is 7.33. The summed E-state index contributed by atoms with van der Waals surface area (Å²) in [4.78, 5) is 15.1. The van der Waals surface area contributed by atoms with Gasteiger partial charge in [-0.15, -0.1) is 0 Å². The fraction of sp³-hybridized carbons (Fsp3) is 0.778. The SMILES string of the molecule is O=C(Nc1cnn(C2CCCC2)c1)N1CCNCCC12CCOCC2. The number of hydrogen-bond acceptors (Lipinski definition) is 4. The van der Waals surface area contributed by atoms with Crippen LogP contribution in [0.3, 0.4) is 0 Å². The van der Waals surface area contributed by atoms with E-state index in [4.69, 9.17) is 4.74 Å². The van der Waals surface area contributed by atoms with Gasteiger partial charge in [0.1, 0.15) is 0 Å². The second-order valence-electron chi connectivity index (χ2n) is 7.57. The average molecular weight is 347 g/mol. The van der Waals surface area contributed by atoms with E-state index < -0.39 is 0 Å². The maximum atomic E-state index is 13.0. The molecule has 0 unspecified atom stereocenters. The van der Waals surface area contributed by atoms with Crippen LogP contribution in [0.15, 0.2) is 12.4 Å². The van der Waals surface area contributed by atoms with Crippen molar-refractivity contribution in [2.45, 2.75) is 56.5 Å². The molecule has 0 radical (unpaired) electrons. The Balaban J connectivity index is 1.46. The molecule has 2 saturated heterocycles. The Hall–Kier alpha value is -1.60. The zero-order chi connectivity index (χ0) is 17.1. The molecule has 1 aromatic heterocycles. The van der Waals surface area contributed by atoms with E-state index in [1.54, 1.807) is 6.20 Å². The number of anilines is 1. The summed E-state index contributed by atoms with van der Waals surface area (Å²) in [5.41, 5.74) is 0.726. The van der Waals surface area contributed by atoms with Crippen molar-refractivity contribution in [3.63, 3.8) is 0 Å². The van der Waals surface area contributed by atoms with Crippen molar-refractivity contribution in [1.29, 1.82) is 0 Å². The number of carbonyl (C=O) groups excluding carboxylic acids is 1. The van der Waals surface area contributed by atoms with Gasteiger partial charge in [-0.25, -0.2) is 4.79 Å². The normalized spacial score (nSPS) is 24.4. The molecule has 0 aromatic carbocycles. The molecule has 25 heavy (non-hydrogen) atoms. The molecule has 138 valence electrons. The topological polar surface area (TPSA) is 71.4 Å². The van der Waals surface area contributed by atoms with E-state index in [0.717, 1.165) is 57.8 Å². The summed E-state index contributed by atoms with van der Waals surface area (Å²) in [7, 11) is 0. The molecule has 1 spiro atoms. The molecule has 7 nitrogen and oxygen atoms in total. The third-order valence-electron chi connectivity index (χ3n) is 6.07. The summed E-state index contributed by atoms with van der Waals surface area (Å²) in [5, 5.41) is 11.0. The van der Waals surface area contributed by atoms with Crippen LogP contribution in [0.25, 0.3) is 0 Å². The van der Waals surface area contributed by atoms with Crippen LogP contribution in [0.1, 0.15) is 51.0 Å². The van der Waals surface area contributed by atoms with Gasteiger partial charge in [0.15, 0.2) is 0 Å². The van der Waals surface area contributed by atoms with Crippen LogP contribution in [-0.2, 0) is 4.74 Å². The highest BCUT2D eigenvalue weighted by atomic mass is 16.5. The van der Waals surface area contributed by atoms with Crippen LogP contribution in [0.2, 0.25) is 0 Å². The largest absolute Gasteiger partial charge is 0.381 e. The zero-order valence-corrected chi connectivity index (χ0v) is 14.9. The lowest BCUT2D eigenvalue weighted by atomic mass is 9.85. The van der Waals surface area contributed by atoms with Gasteiger partial charge in [0, 0.05) is 32.5 Å². The first-order valence-corrected chi connectivity index (χ1v) is 9.68. The van der Waals surface area contributed by atoms with Gasteiger partial charge in [0.05, 0.1) is 23.5 Å². The molecular formula is C18H29N5O2. The number of hydrogen-bond donors (Lipinski definition) is 2. The Morgan fingerprint density at radius 1 is 1.24 bits per heavy atom. The van der Waals surface area contributed by atoms with E-state index in [2.05, 4.69) is 15.7 Å². The summed E-state index contributed by atoms with van der Waals surface area (Å²) >= 11 is 0. The highest BCUT2D eigenvalue weighted by Crippen LogP contribution is 2.33. The molecule has 2 amide bonds. The van der Waals surface area contributed by atoms with E-state index in [9.17, 15) is 4.79 Å². The molecule has 4 rings (SSSR count). The summed E-state index contributed by atoms with van der Waals surface area (Å²) in [6.45, 7) is 4.02. The monoisotopic (exact) mass is 347 g/mol. The maximum Gasteiger partial charge on any atom is 0.322 e. The second-order valence-corrected chi connectivity index (χ2v) is 7.57. The van der Waals surface area contributed by atoms with Crippen LogP contribution in [0.5, 0.6) is 0 Å². The molecule has 2 aliphatic heterocycles. The summed E-state index contributed by atoms with van der Waals surface area (Å²) < 4.78 is 7.58. The Labute approximate surface area is 149 Å². The average Bonchev–Trinajstić information content (AvgIpc) is 3.26. The van der Waals surface area contributed by atoms with Gasteiger partial charge in [0.2, 0.25) is 0 Å². The first kappa shape index (κ1) is 16.8. The lowest BCUT2D eigenvalue weighted by Crippen LogP contribution is -2.56.